The van der Waals surface area contributed by atoms with E-state index in [0.717, 1.165) is 57.8 Å². The second kappa shape index (κ2) is 34.9. The van der Waals surface area contributed by atoms with Crippen molar-refractivity contribution in [2.45, 2.75) is 223 Å². The molecule has 0 aromatic rings. The molecule has 1 rings (SSSR count). The fraction of sp³-hybridized carbons (Fsp3) is 0.841. The predicted molar refractivity (Wildman–Crippen MR) is 228 cm³/mol. The summed E-state index contributed by atoms with van der Waals surface area (Å²) in [4.78, 5) is 13.0. The molecule has 1 amide bonds. The van der Waals surface area contributed by atoms with Crippen molar-refractivity contribution in [2.24, 2.45) is 0 Å². The fourth-order valence-electron chi connectivity index (χ4n) is 6.87. The SMILES string of the molecule is CCCC/C=C\CCCCCC(O)C(=O)NC(COC1OC(CO)C(O)C(OS(=O)(=O)O)C1O)C(O)/C=C/CC/C=C/CCCCCCCCCCCCCCCC. The van der Waals surface area contributed by atoms with Crippen LogP contribution >= 0.6 is 0 Å². The molecule has 14 heteroatoms. The van der Waals surface area contributed by atoms with Crippen molar-refractivity contribution in [3.8, 4) is 0 Å². The number of hydrogen-bond acceptors (Lipinski definition) is 11. The highest BCUT2D eigenvalue weighted by Gasteiger charge is 2.48. The number of aliphatic hydroxyl groups is 5. The first kappa shape index (κ1) is 54.3. The molecule has 0 spiro atoms. The summed E-state index contributed by atoms with van der Waals surface area (Å²) in [7, 11) is -5.12. The van der Waals surface area contributed by atoms with Gasteiger partial charge in [-0.15, -0.1) is 0 Å². The van der Waals surface area contributed by atoms with Gasteiger partial charge in [-0.1, -0.05) is 159 Å². The maximum Gasteiger partial charge on any atom is 0.397 e. The molecule has 0 aromatic heterocycles. The number of rotatable bonds is 37. The van der Waals surface area contributed by atoms with Gasteiger partial charge in [-0.05, 0) is 51.4 Å². The Morgan fingerprint density at radius 3 is 1.71 bits per heavy atom. The molecule has 1 aliphatic heterocycles. The molecular formula is C44H81NO12S. The Labute approximate surface area is 350 Å². The van der Waals surface area contributed by atoms with Crippen LogP contribution in [0.5, 0.6) is 0 Å². The summed E-state index contributed by atoms with van der Waals surface area (Å²) in [5.74, 6) is -0.728. The van der Waals surface area contributed by atoms with Crippen molar-refractivity contribution in [1.29, 1.82) is 0 Å². The smallest absolute Gasteiger partial charge is 0.394 e. The van der Waals surface area contributed by atoms with E-state index in [1.807, 2.05) is 0 Å². The molecule has 58 heavy (non-hydrogen) atoms. The van der Waals surface area contributed by atoms with Crippen molar-refractivity contribution < 1.29 is 57.0 Å². The number of carbonyl (C=O) groups excluding carboxylic acids is 1. The summed E-state index contributed by atoms with van der Waals surface area (Å²) in [6.07, 6.45) is 28.3. The van der Waals surface area contributed by atoms with Crippen molar-refractivity contribution in [2.75, 3.05) is 13.2 Å². The predicted octanol–water partition coefficient (Wildman–Crippen LogP) is 7.30. The molecule has 8 unspecified atom stereocenters. The molecule has 8 atom stereocenters. The van der Waals surface area contributed by atoms with E-state index in [-0.39, 0.29) is 6.42 Å². The topological polar surface area (TPSA) is 212 Å². The fourth-order valence-corrected chi connectivity index (χ4v) is 7.38. The Morgan fingerprint density at radius 1 is 0.690 bits per heavy atom. The zero-order valence-corrected chi connectivity index (χ0v) is 36.5. The number of allylic oxidation sites excluding steroid dienone is 5. The molecule has 340 valence electrons. The summed E-state index contributed by atoms with van der Waals surface area (Å²) >= 11 is 0. The van der Waals surface area contributed by atoms with Crippen LogP contribution in [0.25, 0.3) is 0 Å². The third kappa shape index (κ3) is 27.2. The standard InChI is InChI=1S/C44H81NO12S/c1-3-5-7-9-11-13-14-15-16-17-18-19-20-21-22-23-25-26-28-30-32-37(47)36(45-43(51)38(48)33-31-29-27-24-12-10-8-6-4-2)35-55-44-41(50)42(57-58(52,53)54)40(49)39(34-46)56-44/h10,12,23,25,30,32,36-42,44,46-50H,3-9,11,13-22,24,26-29,31,33-35H2,1-2H3,(H,45,51)(H,52,53,54)/b12-10-,25-23+,32-30+. The Hall–Kier alpha value is -1.72. The van der Waals surface area contributed by atoms with Gasteiger partial charge < -0.3 is 40.3 Å². The van der Waals surface area contributed by atoms with Crippen LogP contribution in [0.1, 0.15) is 174 Å². The van der Waals surface area contributed by atoms with Gasteiger partial charge in [0.1, 0.15) is 30.5 Å². The van der Waals surface area contributed by atoms with Crippen molar-refractivity contribution >= 4 is 16.3 Å². The van der Waals surface area contributed by atoms with Gasteiger partial charge >= 0.3 is 10.4 Å². The maximum absolute atomic E-state index is 13.0. The first-order chi connectivity index (χ1) is 27.9. The zero-order valence-electron chi connectivity index (χ0n) is 35.7. The quantitative estimate of drug-likeness (QED) is 0.0187. The zero-order chi connectivity index (χ0) is 42.9. The van der Waals surface area contributed by atoms with Crippen LogP contribution < -0.4 is 5.32 Å². The van der Waals surface area contributed by atoms with Crippen molar-refractivity contribution in [3.05, 3.63) is 36.5 Å². The highest BCUT2D eigenvalue weighted by atomic mass is 32.3. The average Bonchev–Trinajstić information content (AvgIpc) is 3.19. The van der Waals surface area contributed by atoms with Crippen LogP contribution in [0.15, 0.2) is 36.5 Å². The van der Waals surface area contributed by atoms with Crippen molar-refractivity contribution in [3.63, 3.8) is 0 Å². The van der Waals surface area contributed by atoms with Gasteiger partial charge in [0.05, 0.1) is 25.4 Å². The minimum atomic E-state index is -5.12. The summed E-state index contributed by atoms with van der Waals surface area (Å²) in [6, 6.07) is -1.14. The third-order valence-corrected chi connectivity index (χ3v) is 11.0. The lowest BCUT2D eigenvalue weighted by Gasteiger charge is -2.41. The minimum absolute atomic E-state index is 0.214. The second-order valence-electron chi connectivity index (χ2n) is 15.8. The first-order valence-electron chi connectivity index (χ1n) is 22.5. The molecule has 13 nitrogen and oxygen atoms in total. The molecule has 1 saturated heterocycles. The lowest BCUT2D eigenvalue weighted by Crippen LogP contribution is -2.61. The number of carbonyl (C=O) groups is 1. The molecule has 0 saturated carbocycles. The number of unbranched alkanes of at least 4 members (excludes halogenated alkanes) is 20. The van der Waals surface area contributed by atoms with Gasteiger partial charge in [-0.3, -0.25) is 9.35 Å². The lowest BCUT2D eigenvalue weighted by atomic mass is 9.99. The summed E-state index contributed by atoms with van der Waals surface area (Å²) in [5, 5.41) is 55.0. The number of amides is 1. The summed E-state index contributed by atoms with van der Waals surface area (Å²) < 4.78 is 47.4. The van der Waals surface area contributed by atoms with Crippen LogP contribution in [0, 0.1) is 0 Å². The Balaban J connectivity index is 2.60. The van der Waals surface area contributed by atoms with Gasteiger partial charge in [0.15, 0.2) is 6.29 Å². The van der Waals surface area contributed by atoms with Crippen molar-refractivity contribution in [1.82, 2.24) is 5.32 Å². The van der Waals surface area contributed by atoms with Gasteiger partial charge in [-0.25, -0.2) is 4.18 Å². The van der Waals surface area contributed by atoms with Crippen LogP contribution in [-0.4, -0.2) is 107 Å². The minimum Gasteiger partial charge on any atom is -0.394 e. The van der Waals surface area contributed by atoms with Crippen LogP contribution in [0.3, 0.4) is 0 Å². The van der Waals surface area contributed by atoms with Crippen LogP contribution in [0.2, 0.25) is 0 Å². The lowest BCUT2D eigenvalue weighted by molar-refractivity contribution is -0.298. The molecule has 0 aliphatic carbocycles. The monoisotopic (exact) mass is 848 g/mol. The largest absolute Gasteiger partial charge is 0.397 e. The maximum atomic E-state index is 13.0. The number of hydrogen-bond donors (Lipinski definition) is 7. The molecule has 1 aliphatic rings. The molecule has 0 aromatic carbocycles. The molecule has 0 radical (unpaired) electrons. The van der Waals surface area contributed by atoms with Crippen LogP contribution in [-0.2, 0) is 28.9 Å². The van der Waals surface area contributed by atoms with E-state index >= 15 is 0 Å². The van der Waals surface area contributed by atoms with E-state index < -0.39 is 78.5 Å². The van der Waals surface area contributed by atoms with Gasteiger partial charge in [0, 0.05) is 0 Å². The average molecular weight is 848 g/mol. The van der Waals surface area contributed by atoms with Gasteiger partial charge in [0.2, 0.25) is 5.91 Å². The number of ether oxygens (including phenoxy) is 2. The van der Waals surface area contributed by atoms with Gasteiger partial charge in [0.25, 0.3) is 0 Å². The highest BCUT2D eigenvalue weighted by molar-refractivity contribution is 7.80. The molecule has 1 fully saturated rings. The summed E-state index contributed by atoms with van der Waals surface area (Å²) in [5.41, 5.74) is 0. The van der Waals surface area contributed by atoms with E-state index in [1.54, 1.807) is 6.08 Å². The Kier molecular flexibility index (Phi) is 32.7. The number of nitrogens with one attached hydrogen (secondary N) is 1. The molecular weight excluding hydrogens is 767 g/mol. The van der Waals surface area contributed by atoms with Gasteiger partial charge in [-0.2, -0.15) is 8.42 Å². The molecule has 0 bridgehead atoms. The normalized spacial score (nSPS) is 22.0. The second-order valence-corrected chi connectivity index (χ2v) is 16.8. The Morgan fingerprint density at radius 2 is 1.17 bits per heavy atom. The highest BCUT2D eigenvalue weighted by Crippen LogP contribution is 2.26. The van der Waals surface area contributed by atoms with E-state index in [2.05, 4.69) is 47.7 Å². The van der Waals surface area contributed by atoms with E-state index in [1.165, 1.54) is 89.5 Å². The molecule has 1 heterocycles. The summed E-state index contributed by atoms with van der Waals surface area (Å²) in [6.45, 7) is 3.12. The van der Waals surface area contributed by atoms with Crippen LogP contribution in [0.4, 0.5) is 0 Å². The third-order valence-electron chi connectivity index (χ3n) is 10.5. The first-order valence-corrected chi connectivity index (χ1v) is 23.8. The van der Waals surface area contributed by atoms with E-state index in [9.17, 15) is 38.7 Å². The number of aliphatic hydroxyl groups excluding tert-OH is 5. The van der Waals surface area contributed by atoms with E-state index in [4.69, 9.17) is 14.0 Å². The molecule has 7 N–H and O–H groups in total. The Bertz CT molecular complexity index is 1200. The van der Waals surface area contributed by atoms with E-state index in [0.29, 0.717) is 12.8 Å².